The van der Waals surface area contributed by atoms with Crippen LogP contribution in [-0.4, -0.2) is 23.3 Å². The smallest absolute Gasteiger partial charge is 0.254 e. The molecular formula is C23H22Cl2N2O3. The van der Waals surface area contributed by atoms with Crippen molar-refractivity contribution < 1.29 is 14.0 Å². The summed E-state index contributed by atoms with van der Waals surface area (Å²) >= 11 is 12.0. The van der Waals surface area contributed by atoms with Crippen molar-refractivity contribution in [2.24, 2.45) is 0 Å². The van der Waals surface area contributed by atoms with E-state index in [1.54, 1.807) is 35.4 Å². The first-order valence-electron chi connectivity index (χ1n) is 9.55. The molecule has 1 atom stereocenters. The van der Waals surface area contributed by atoms with Crippen LogP contribution in [0.1, 0.15) is 41.1 Å². The van der Waals surface area contributed by atoms with Crippen molar-refractivity contribution in [1.29, 1.82) is 0 Å². The molecule has 2 amide bonds. The molecule has 1 N–H and O–H groups in total. The third kappa shape index (κ3) is 5.88. The van der Waals surface area contributed by atoms with Crippen LogP contribution in [0, 0.1) is 0 Å². The Kier molecular flexibility index (Phi) is 7.55. The Morgan fingerprint density at radius 1 is 1.03 bits per heavy atom. The van der Waals surface area contributed by atoms with Crippen molar-refractivity contribution in [3.05, 3.63) is 93.9 Å². The molecule has 30 heavy (non-hydrogen) atoms. The van der Waals surface area contributed by atoms with E-state index in [9.17, 15) is 9.59 Å². The van der Waals surface area contributed by atoms with E-state index in [1.165, 1.54) is 6.07 Å². The molecule has 0 fully saturated rings. The number of nitrogens with zero attached hydrogens (tertiary/aromatic N) is 1. The highest BCUT2D eigenvalue weighted by Gasteiger charge is 2.20. The number of carbonyl (C=O) groups is 2. The molecule has 5 nitrogen and oxygen atoms in total. The van der Waals surface area contributed by atoms with Crippen LogP contribution in [-0.2, 0) is 11.3 Å². The van der Waals surface area contributed by atoms with Crippen LogP contribution < -0.4 is 5.32 Å². The molecule has 0 aliphatic heterocycles. The molecule has 1 aromatic heterocycles. The minimum atomic E-state index is -0.256. The molecular weight excluding hydrogens is 423 g/mol. The van der Waals surface area contributed by atoms with E-state index < -0.39 is 0 Å². The molecule has 2 aromatic carbocycles. The minimum Gasteiger partial charge on any atom is -0.467 e. The minimum absolute atomic E-state index is 0.122. The maximum atomic E-state index is 13.0. The highest BCUT2D eigenvalue weighted by Crippen LogP contribution is 2.24. The van der Waals surface area contributed by atoms with Crippen molar-refractivity contribution >= 4 is 35.0 Å². The fraction of sp³-hybridized carbons (Fsp3) is 0.217. The summed E-state index contributed by atoms with van der Waals surface area (Å²) in [6.07, 6.45) is 1.70. The Morgan fingerprint density at radius 3 is 2.47 bits per heavy atom. The number of nitrogens with one attached hydrogen (secondary N) is 1. The van der Waals surface area contributed by atoms with Crippen LogP contribution in [0.4, 0.5) is 0 Å². The van der Waals surface area contributed by atoms with Crippen LogP contribution >= 0.6 is 23.2 Å². The molecule has 0 saturated heterocycles. The first kappa shape index (κ1) is 21.9. The van der Waals surface area contributed by atoms with Gasteiger partial charge in [-0.15, -0.1) is 0 Å². The van der Waals surface area contributed by atoms with Crippen molar-refractivity contribution in [3.8, 4) is 0 Å². The summed E-state index contributed by atoms with van der Waals surface area (Å²) in [5.41, 5.74) is 1.42. The van der Waals surface area contributed by atoms with Crippen LogP contribution in [0.15, 0.2) is 71.3 Å². The predicted octanol–water partition coefficient (Wildman–Crippen LogP) is 5.50. The summed E-state index contributed by atoms with van der Waals surface area (Å²) in [5.74, 6) is 0.230. The highest BCUT2D eigenvalue weighted by molar-refractivity contribution is 6.42. The second-order valence-electron chi connectivity index (χ2n) is 6.88. The van der Waals surface area contributed by atoms with Gasteiger partial charge in [-0.2, -0.15) is 0 Å². The van der Waals surface area contributed by atoms with Gasteiger partial charge < -0.3 is 14.6 Å². The predicted molar refractivity (Wildman–Crippen MR) is 118 cm³/mol. The third-order valence-electron chi connectivity index (χ3n) is 4.67. The average molecular weight is 445 g/mol. The zero-order valence-electron chi connectivity index (χ0n) is 16.5. The Balaban J connectivity index is 1.67. The third-order valence-corrected chi connectivity index (χ3v) is 5.41. The zero-order valence-corrected chi connectivity index (χ0v) is 18.0. The Hall–Kier alpha value is -2.76. The second kappa shape index (κ2) is 10.3. The number of carbonyl (C=O) groups excluding carboxylic acids is 2. The lowest BCUT2D eigenvalue weighted by Gasteiger charge is -2.22. The van der Waals surface area contributed by atoms with Gasteiger partial charge in [-0.25, -0.2) is 0 Å². The molecule has 1 heterocycles. The van der Waals surface area contributed by atoms with Crippen LogP contribution in [0.25, 0.3) is 0 Å². The number of hydrogen-bond acceptors (Lipinski definition) is 3. The van der Waals surface area contributed by atoms with E-state index >= 15 is 0 Å². The van der Waals surface area contributed by atoms with Gasteiger partial charge in [0.15, 0.2) is 0 Å². The van der Waals surface area contributed by atoms with E-state index in [0.29, 0.717) is 21.4 Å². The molecule has 7 heteroatoms. The zero-order chi connectivity index (χ0) is 21.5. The van der Waals surface area contributed by atoms with Crippen LogP contribution in [0.5, 0.6) is 0 Å². The van der Waals surface area contributed by atoms with E-state index in [-0.39, 0.29) is 37.4 Å². The molecule has 0 spiro atoms. The van der Waals surface area contributed by atoms with E-state index in [0.717, 1.165) is 5.56 Å². The summed E-state index contributed by atoms with van der Waals surface area (Å²) in [5, 5.41) is 3.64. The maximum Gasteiger partial charge on any atom is 0.254 e. The van der Waals surface area contributed by atoms with Gasteiger partial charge in [-0.05, 0) is 42.8 Å². The highest BCUT2D eigenvalue weighted by atomic mass is 35.5. The quantitative estimate of drug-likeness (QED) is 0.498. The lowest BCUT2D eigenvalue weighted by molar-refractivity contribution is -0.122. The van der Waals surface area contributed by atoms with Crippen molar-refractivity contribution in [2.45, 2.75) is 25.9 Å². The first-order valence-corrected chi connectivity index (χ1v) is 10.3. The lowest BCUT2D eigenvalue weighted by atomic mass is 10.1. The van der Waals surface area contributed by atoms with Gasteiger partial charge in [0, 0.05) is 18.5 Å². The molecule has 3 aromatic rings. The molecule has 0 bridgehead atoms. The average Bonchev–Trinajstić information content (AvgIpc) is 3.26. The molecule has 0 aliphatic carbocycles. The second-order valence-corrected chi connectivity index (χ2v) is 7.70. The summed E-state index contributed by atoms with van der Waals surface area (Å²) in [4.78, 5) is 27.1. The summed E-state index contributed by atoms with van der Waals surface area (Å²) in [7, 11) is 0. The number of furan rings is 1. The van der Waals surface area contributed by atoms with Gasteiger partial charge in [0.05, 0.1) is 28.9 Å². The summed E-state index contributed by atoms with van der Waals surface area (Å²) in [6.45, 7) is 2.40. The number of halogens is 2. The van der Waals surface area contributed by atoms with E-state index in [4.69, 9.17) is 27.6 Å². The molecule has 1 unspecified atom stereocenters. The number of hydrogen-bond donors (Lipinski definition) is 1. The van der Waals surface area contributed by atoms with Gasteiger partial charge in [-0.1, -0.05) is 53.5 Å². The van der Waals surface area contributed by atoms with Crippen molar-refractivity contribution in [2.75, 3.05) is 6.54 Å². The monoisotopic (exact) mass is 444 g/mol. The Labute approximate surface area is 185 Å². The summed E-state index contributed by atoms with van der Waals surface area (Å²) < 4.78 is 5.38. The van der Waals surface area contributed by atoms with Crippen molar-refractivity contribution in [3.63, 3.8) is 0 Å². The number of rotatable bonds is 8. The SMILES string of the molecule is CC(NC(=O)CCN(Cc1ccco1)C(=O)c1ccc(Cl)c(Cl)c1)c1ccccc1. The van der Waals surface area contributed by atoms with Gasteiger partial charge in [-0.3, -0.25) is 9.59 Å². The normalized spacial score (nSPS) is 11.7. The Morgan fingerprint density at radius 2 is 1.80 bits per heavy atom. The standard InChI is InChI=1S/C23H22Cl2N2O3/c1-16(17-6-3-2-4-7-17)26-22(28)11-12-27(15-19-8-5-13-30-19)23(29)18-9-10-20(24)21(25)14-18/h2-10,13-14,16H,11-12,15H2,1H3,(H,26,28). The molecule has 0 aliphatic rings. The summed E-state index contributed by atoms with van der Waals surface area (Å²) in [6, 6.07) is 17.8. The first-order chi connectivity index (χ1) is 14.4. The van der Waals surface area contributed by atoms with Crippen LogP contribution in [0.3, 0.4) is 0 Å². The number of amides is 2. The maximum absolute atomic E-state index is 13.0. The molecule has 0 radical (unpaired) electrons. The topological polar surface area (TPSA) is 62.6 Å². The van der Waals surface area contributed by atoms with Gasteiger partial charge in [0.25, 0.3) is 5.91 Å². The molecule has 3 rings (SSSR count). The number of benzene rings is 2. The van der Waals surface area contributed by atoms with E-state index in [2.05, 4.69) is 5.32 Å². The van der Waals surface area contributed by atoms with Crippen molar-refractivity contribution in [1.82, 2.24) is 10.2 Å². The van der Waals surface area contributed by atoms with Gasteiger partial charge in [0.1, 0.15) is 5.76 Å². The van der Waals surface area contributed by atoms with E-state index in [1.807, 2.05) is 37.3 Å². The van der Waals surface area contributed by atoms with Gasteiger partial charge in [0.2, 0.25) is 5.91 Å². The largest absolute Gasteiger partial charge is 0.467 e. The lowest BCUT2D eigenvalue weighted by Crippen LogP contribution is -2.35. The van der Waals surface area contributed by atoms with Gasteiger partial charge >= 0.3 is 0 Å². The molecule has 0 saturated carbocycles. The fourth-order valence-corrected chi connectivity index (χ4v) is 3.33. The van der Waals surface area contributed by atoms with Crippen LogP contribution in [0.2, 0.25) is 10.0 Å². The molecule has 156 valence electrons. The Bertz CT molecular complexity index is 991. The fourth-order valence-electron chi connectivity index (χ4n) is 3.03.